The molecule has 0 unspecified atom stereocenters. The van der Waals surface area contributed by atoms with Crippen LogP contribution in [-0.2, 0) is 6.42 Å². The fourth-order valence-electron chi connectivity index (χ4n) is 2.49. The highest BCUT2D eigenvalue weighted by Crippen LogP contribution is 2.45. The lowest BCUT2D eigenvalue weighted by Crippen LogP contribution is -2.04. The van der Waals surface area contributed by atoms with Crippen LogP contribution in [0.25, 0.3) is 20.5 Å². The van der Waals surface area contributed by atoms with Crippen LogP contribution < -0.4 is 10.3 Å². The van der Waals surface area contributed by atoms with Crippen molar-refractivity contribution in [3.63, 3.8) is 0 Å². The summed E-state index contributed by atoms with van der Waals surface area (Å²) < 4.78 is 6.63. The van der Waals surface area contributed by atoms with Crippen LogP contribution in [0.1, 0.15) is 12.0 Å². The Morgan fingerprint density at radius 3 is 3.16 bits per heavy atom. The van der Waals surface area contributed by atoms with Gasteiger partial charge in [-0.1, -0.05) is 0 Å². The number of aryl methyl sites for hydroxylation is 1. The van der Waals surface area contributed by atoms with Gasteiger partial charge in [0.25, 0.3) is 5.56 Å². The lowest BCUT2D eigenvalue weighted by Gasteiger charge is -2.03. The molecular formula is C13H11N3O2S. The highest BCUT2D eigenvalue weighted by Gasteiger charge is 2.22. The number of pyridine rings is 1. The van der Waals surface area contributed by atoms with E-state index in [-0.39, 0.29) is 5.56 Å². The summed E-state index contributed by atoms with van der Waals surface area (Å²) in [5.74, 6) is 0.833. The Morgan fingerprint density at radius 2 is 2.32 bits per heavy atom. The van der Waals surface area contributed by atoms with Crippen LogP contribution in [0, 0.1) is 0 Å². The Balaban J connectivity index is 2.13. The Morgan fingerprint density at radius 1 is 1.37 bits per heavy atom. The van der Waals surface area contributed by atoms with Gasteiger partial charge < -0.3 is 9.72 Å². The fourth-order valence-corrected chi connectivity index (χ4v) is 3.66. The summed E-state index contributed by atoms with van der Waals surface area (Å²) in [6.07, 6.45) is 7.29. The van der Waals surface area contributed by atoms with Gasteiger partial charge in [0.1, 0.15) is 10.4 Å². The number of hydrogen-bond acceptors (Lipinski definition) is 4. The van der Waals surface area contributed by atoms with Gasteiger partial charge in [-0.25, -0.2) is 0 Å². The Kier molecular flexibility index (Phi) is 2.25. The van der Waals surface area contributed by atoms with Gasteiger partial charge in [0.05, 0.1) is 17.7 Å². The number of nitrogens with zero attached hydrogens (tertiary/aromatic N) is 1. The van der Waals surface area contributed by atoms with Crippen molar-refractivity contribution in [1.82, 2.24) is 15.2 Å². The van der Waals surface area contributed by atoms with E-state index < -0.39 is 0 Å². The maximum atomic E-state index is 12.0. The maximum absolute atomic E-state index is 12.0. The molecule has 4 rings (SSSR count). The molecule has 0 radical (unpaired) electrons. The van der Waals surface area contributed by atoms with Gasteiger partial charge in [-0.15, -0.1) is 11.3 Å². The monoisotopic (exact) mass is 273 g/mol. The molecule has 0 aromatic carbocycles. The van der Waals surface area contributed by atoms with Crippen LogP contribution in [0.2, 0.25) is 0 Å². The minimum absolute atomic E-state index is 0.0507. The van der Waals surface area contributed by atoms with Gasteiger partial charge in [0.15, 0.2) is 0 Å². The van der Waals surface area contributed by atoms with E-state index in [0.717, 1.165) is 44.7 Å². The highest BCUT2D eigenvalue weighted by atomic mass is 32.1. The molecule has 19 heavy (non-hydrogen) atoms. The lowest BCUT2D eigenvalue weighted by atomic mass is 10.1. The molecule has 5 nitrogen and oxygen atoms in total. The predicted octanol–water partition coefficient (Wildman–Crippen LogP) is 2.30. The molecule has 6 heteroatoms. The summed E-state index contributed by atoms with van der Waals surface area (Å²) in [4.78, 5) is 15.8. The van der Waals surface area contributed by atoms with Gasteiger partial charge in [-0.3, -0.25) is 9.89 Å². The Hall–Kier alpha value is -2.08. The number of H-pyrrole nitrogens is 2. The molecule has 1 aliphatic heterocycles. The largest absolute Gasteiger partial charge is 0.491 e. The van der Waals surface area contributed by atoms with E-state index in [2.05, 4.69) is 15.2 Å². The van der Waals surface area contributed by atoms with Gasteiger partial charge >= 0.3 is 0 Å². The third kappa shape index (κ3) is 1.53. The molecule has 0 saturated heterocycles. The van der Waals surface area contributed by atoms with E-state index in [0.29, 0.717) is 6.61 Å². The zero-order chi connectivity index (χ0) is 12.8. The van der Waals surface area contributed by atoms with E-state index in [1.807, 2.05) is 12.4 Å². The SMILES string of the molecule is O=c1[nH]cc2c3c(c(-c4cn[nH]c4)sc13)OCCC2. The minimum Gasteiger partial charge on any atom is -0.491 e. The van der Waals surface area contributed by atoms with Crippen LogP contribution in [-0.4, -0.2) is 21.8 Å². The van der Waals surface area contributed by atoms with Crippen molar-refractivity contribution in [2.75, 3.05) is 6.61 Å². The summed E-state index contributed by atoms with van der Waals surface area (Å²) in [5.41, 5.74) is 2.07. The second-order valence-corrected chi connectivity index (χ2v) is 5.57. The summed E-state index contributed by atoms with van der Waals surface area (Å²) >= 11 is 1.47. The average molecular weight is 273 g/mol. The molecule has 3 aromatic heterocycles. The zero-order valence-electron chi connectivity index (χ0n) is 10.0. The standard InChI is InChI=1S/C13H11N3O2S/c17-13-12-9-7(4-14-13)2-1-3-18-10(9)11(19-12)8-5-15-16-6-8/h4-6H,1-3H2,(H,14,17)(H,15,16). The summed E-state index contributed by atoms with van der Waals surface area (Å²) in [6.45, 7) is 0.680. The topological polar surface area (TPSA) is 70.8 Å². The number of aromatic amines is 2. The first-order valence-electron chi connectivity index (χ1n) is 6.13. The van der Waals surface area contributed by atoms with E-state index in [4.69, 9.17) is 4.74 Å². The fraction of sp³-hybridized carbons (Fsp3) is 0.231. The van der Waals surface area contributed by atoms with E-state index >= 15 is 0 Å². The molecule has 1 aliphatic rings. The van der Waals surface area contributed by atoms with Crippen LogP contribution in [0.3, 0.4) is 0 Å². The molecule has 2 N–H and O–H groups in total. The van der Waals surface area contributed by atoms with Crippen molar-refractivity contribution in [3.05, 3.63) is 34.5 Å². The van der Waals surface area contributed by atoms with Gasteiger partial charge in [0, 0.05) is 23.3 Å². The van der Waals surface area contributed by atoms with Crippen LogP contribution in [0.5, 0.6) is 5.75 Å². The number of hydrogen-bond donors (Lipinski definition) is 2. The number of thiophene rings is 1. The Labute approximate surface area is 112 Å². The number of aromatic nitrogens is 3. The predicted molar refractivity (Wildman–Crippen MR) is 73.8 cm³/mol. The molecule has 3 aromatic rings. The first-order valence-corrected chi connectivity index (χ1v) is 6.95. The van der Waals surface area contributed by atoms with Crippen LogP contribution in [0.4, 0.5) is 0 Å². The molecule has 0 amide bonds. The van der Waals surface area contributed by atoms with E-state index in [1.165, 1.54) is 11.3 Å². The number of ether oxygens (including phenoxy) is 1. The third-order valence-electron chi connectivity index (χ3n) is 3.37. The van der Waals surface area contributed by atoms with Crippen molar-refractivity contribution < 1.29 is 4.74 Å². The second kappa shape index (κ2) is 3.96. The molecular weight excluding hydrogens is 262 g/mol. The maximum Gasteiger partial charge on any atom is 0.266 e. The molecule has 4 heterocycles. The molecule has 0 atom stereocenters. The van der Waals surface area contributed by atoms with Crippen molar-refractivity contribution in [3.8, 4) is 16.2 Å². The van der Waals surface area contributed by atoms with Crippen LogP contribution >= 0.6 is 11.3 Å². The summed E-state index contributed by atoms with van der Waals surface area (Å²) in [5, 5.41) is 7.75. The molecule has 0 spiro atoms. The van der Waals surface area contributed by atoms with Crippen molar-refractivity contribution in [2.24, 2.45) is 0 Å². The summed E-state index contributed by atoms with van der Waals surface area (Å²) in [6, 6.07) is 0. The van der Waals surface area contributed by atoms with E-state index in [9.17, 15) is 4.79 Å². The normalized spacial score (nSPS) is 14.3. The molecule has 0 saturated carbocycles. The molecule has 0 fully saturated rings. The van der Waals surface area contributed by atoms with Gasteiger partial charge in [-0.05, 0) is 18.4 Å². The van der Waals surface area contributed by atoms with Crippen molar-refractivity contribution in [1.29, 1.82) is 0 Å². The first kappa shape index (κ1) is 10.8. The molecule has 96 valence electrons. The number of nitrogens with one attached hydrogen (secondary N) is 2. The first-order chi connectivity index (χ1) is 9.34. The lowest BCUT2D eigenvalue weighted by molar-refractivity contribution is 0.321. The quantitative estimate of drug-likeness (QED) is 0.714. The number of rotatable bonds is 1. The molecule has 0 aliphatic carbocycles. The van der Waals surface area contributed by atoms with Crippen molar-refractivity contribution >= 4 is 21.4 Å². The second-order valence-electron chi connectivity index (χ2n) is 4.55. The minimum atomic E-state index is -0.0507. The van der Waals surface area contributed by atoms with Crippen molar-refractivity contribution in [2.45, 2.75) is 12.8 Å². The summed E-state index contributed by atoms with van der Waals surface area (Å²) in [7, 11) is 0. The zero-order valence-corrected chi connectivity index (χ0v) is 10.8. The van der Waals surface area contributed by atoms with Gasteiger partial charge in [0.2, 0.25) is 0 Å². The smallest absolute Gasteiger partial charge is 0.266 e. The third-order valence-corrected chi connectivity index (χ3v) is 4.59. The Bertz CT molecular complexity index is 801. The molecule has 0 bridgehead atoms. The van der Waals surface area contributed by atoms with Gasteiger partial charge in [-0.2, -0.15) is 5.10 Å². The highest BCUT2D eigenvalue weighted by molar-refractivity contribution is 7.22. The van der Waals surface area contributed by atoms with E-state index in [1.54, 1.807) is 6.20 Å². The average Bonchev–Trinajstić information content (AvgIpc) is 3.00. The van der Waals surface area contributed by atoms with Crippen LogP contribution in [0.15, 0.2) is 23.4 Å².